The van der Waals surface area contributed by atoms with Crippen LogP contribution in [0.5, 0.6) is 0 Å². The van der Waals surface area contributed by atoms with Crippen molar-refractivity contribution in [3.8, 4) is 0 Å². The lowest BCUT2D eigenvalue weighted by molar-refractivity contribution is -0.115. The van der Waals surface area contributed by atoms with Crippen LogP contribution in [0.25, 0.3) is 0 Å². The molecular weight excluding hydrogens is 440 g/mol. The second kappa shape index (κ2) is 7.85. The number of rotatable bonds is 2. The van der Waals surface area contributed by atoms with Crippen molar-refractivity contribution in [2.24, 2.45) is 33.5 Å². The number of carbonyl (C=O) groups is 2. The molecule has 3 saturated carbocycles. The van der Waals surface area contributed by atoms with Crippen LogP contribution in [0.15, 0.2) is 46.3 Å². The molecule has 0 saturated heterocycles. The number of allylic oxidation sites excluding steroid dienone is 7. The molecule has 0 aromatic rings. The summed E-state index contributed by atoms with van der Waals surface area (Å²) in [5.74, 6) is 0.724. The van der Waals surface area contributed by atoms with Gasteiger partial charge in [-0.25, -0.2) is 4.79 Å². The molecule has 0 aromatic heterocycles. The number of carbonyl (C=O) groups excluding carboxylic acids is 2. The van der Waals surface area contributed by atoms with Gasteiger partial charge in [-0.1, -0.05) is 45.4 Å². The van der Waals surface area contributed by atoms with Gasteiger partial charge in [0.2, 0.25) is 5.78 Å². The van der Waals surface area contributed by atoms with Gasteiger partial charge in [-0.05, 0) is 91.8 Å². The van der Waals surface area contributed by atoms with Crippen LogP contribution < -0.4 is 0 Å². The molecule has 6 atom stereocenters. The first-order valence-electron chi connectivity index (χ1n) is 13.2. The number of aliphatic hydroxyl groups excluding tert-OH is 1. The van der Waals surface area contributed by atoms with Gasteiger partial charge in [-0.3, -0.25) is 4.79 Å². The van der Waals surface area contributed by atoms with Crippen LogP contribution >= 0.6 is 0 Å². The first-order valence-corrected chi connectivity index (χ1v) is 13.2. The smallest absolute Gasteiger partial charge is 0.504 e. The summed E-state index contributed by atoms with van der Waals surface area (Å²) >= 11 is 0. The van der Waals surface area contributed by atoms with Crippen molar-refractivity contribution in [3.05, 3.63) is 46.3 Å². The Balaban J connectivity index is 1.50. The monoisotopic (exact) mass is 480 g/mol. The van der Waals surface area contributed by atoms with E-state index in [1.807, 2.05) is 6.92 Å². The first-order chi connectivity index (χ1) is 16.4. The van der Waals surface area contributed by atoms with Crippen molar-refractivity contribution >= 4 is 11.9 Å². The van der Waals surface area contributed by atoms with Crippen molar-refractivity contribution in [3.63, 3.8) is 0 Å². The van der Waals surface area contributed by atoms with E-state index in [0.717, 1.165) is 49.7 Å². The largest absolute Gasteiger partial charge is 0.507 e. The van der Waals surface area contributed by atoms with Gasteiger partial charge < -0.3 is 14.6 Å². The van der Waals surface area contributed by atoms with Gasteiger partial charge in [0.25, 0.3) is 0 Å². The van der Waals surface area contributed by atoms with Crippen molar-refractivity contribution in [2.75, 3.05) is 13.7 Å². The predicted octanol–water partition coefficient (Wildman–Crippen LogP) is 7.01. The minimum atomic E-state index is -0.595. The van der Waals surface area contributed by atoms with Gasteiger partial charge in [0.05, 0.1) is 7.11 Å². The SMILES string of the molecule is COC(=O)OC[C@]1(C)CCC2(C)CCC3(C)C4=CC=C5C(=CC(=O)C(O)=C5C)C4(C)CCC3C2C1. The number of ketones is 1. The number of hydrogen-bond donors (Lipinski definition) is 1. The van der Waals surface area contributed by atoms with E-state index in [4.69, 9.17) is 9.47 Å². The summed E-state index contributed by atoms with van der Waals surface area (Å²) in [4.78, 5) is 24.3. The number of aliphatic hydroxyl groups is 1. The molecule has 0 heterocycles. The van der Waals surface area contributed by atoms with E-state index >= 15 is 0 Å². The van der Waals surface area contributed by atoms with Crippen LogP contribution in [0.2, 0.25) is 0 Å². The molecule has 5 heteroatoms. The Labute approximate surface area is 209 Å². The normalized spacial score (nSPS) is 42.5. The molecule has 0 aliphatic heterocycles. The molecule has 5 nitrogen and oxygen atoms in total. The van der Waals surface area contributed by atoms with E-state index in [9.17, 15) is 14.7 Å². The van der Waals surface area contributed by atoms with Gasteiger partial charge in [0.1, 0.15) is 6.61 Å². The molecule has 5 rings (SSSR count). The molecule has 190 valence electrons. The summed E-state index contributed by atoms with van der Waals surface area (Å²) in [5.41, 5.74) is 4.39. The third kappa shape index (κ3) is 3.48. The number of hydrogen-bond acceptors (Lipinski definition) is 5. The van der Waals surface area contributed by atoms with Crippen LogP contribution in [0, 0.1) is 33.5 Å². The van der Waals surface area contributed by atoms with E-state index < -0.39 is 6.16 Å². The zero-order valence-corrected chi connectivity index (χ0v) is 22.1. The highest BCUT2D eigenvalue weighted by molar-refractivity contribution is 6.06. The molecule has 1 N–H and O–H groups in total. The quantitative estimate of drug-likeness (QED) is 0.431. The molecule has 0 aromatic carbocycles. The van der Waals surface area contributed by atoms with E-state index in [2.05, 4.69) is 39.8 Å². The maximum absolute atomic E-state index is 12.6. The van der Waals surface area contributed by atoms with Gasteiger partial charge >= 0.3 is 6.16 Å². The van der Waals surface area contributed by atoms with Crippen molar-refractivity contribution in [1.29, 1.82) is 0 Å². The van der Waals surface area contributed by atoms with Gasteiger partial charge in [0, 0.05) is 16.4 Å². The highest BCUT2D eigenvalue weighted by atomic mass is 16.7. The Morgan fingerprint density at radius 1 is 1.06 bits per heavy atom. The van der Waals surface area contributed by atoms with Crippen molar-refractivity contribution < 1.29 is 24.2 Å². The van der Waals surface area contributed by atoms with Crippen LogP contribution in [-0.2, 0) is 14.3 Å². The number of fused-ring (bicyclic) bond motifs is 7. The summed E-state index contributed by atoms with van der Waals surface area (Å²) in [7, 11) is 1.36. The van der Waals surface area contributed by atoms with Gasteiger partial charge in [-0.2, -0.15) is 0 Å². The Kier molecular flexibility index (Phi) is 5.47. The third-order valence-electron chi connectivity index (χ3n) is 10.9. The predicted molar refractivity (Wildman–Crippen MR) is 135 cm³/mol. The zero-order chi connectivity index (χ0) is 25.4. The summed E-state index contributed by atoms with van der Waals surface area (Å²) in [6, 6.07) is 0. The molecule has 0 bridgehead atoms. The molecule has 5 aliphatic rings. The minimum Gasteiger partial charge on any atom is -0.504 e. The second-order valence-electron chi connectivity index (χ2n) is 13.0. The zero-order valence-electron chi connectivity index (χ0n) is 22.1. The van der Waals surface area contributed by atoms with Crippen molar-refractivity contribution in [1.82, 2.24) is 0 Å². The van der Waals surface area contributed by atoms with E-state index in [1.54, 1.807) is 6.08 Å². The van der Waals surface area contributed by atoms with Crippen molar-refractivity contribution in [2.45, 2.75) is 79.6 Å². The number of methoxy groups -OCH3 is 1. The minimum absolute atomic E-state index is 0.0386. The maximum atomic E-state index is 12.6. The van der Waals surface area contributed by atoms with E-state index in [0.29, 0.717) is 29.4 Å². The van der Waals surface area contributed by atoms with Gasteiger partial charge in [-0.15, -0.1) is 0 Å². The Morgan fingerprint density at radius 2 is 1.77 bits per heavy atom. The lowest BCUT2D eigenvalue weighted by atomic mass is 9.40. The molecule has 5 aliphatic carbocycles. The molecule has 0 amide bonds. The molecule has 0 spiro atoms. The fourth-order valence-corrected chi connectivity index (χ4v) is 8.54. The van der Waals surface area contributed by atoms with Crippen LogP contribution in [-0.4, -0.2) is 30.8 Å². The summed E-state index contributed by atoms with van der Waals surface area (Å²) < 4.78 is 10.2. The highest BCUT2D eigenvalue weighted by Gasteiger charge is 2.61. The standard InChI is InChI=1S/C30H40O5/c1-18-19-7-8-24-29(4,21(19)15-23(31)25(18)32)10-9-20-22-16-27(2,17-35-26(33)34-6)11-12-28(22,3)13-14-30(20,24)5/h7-8,15,20,22,32H,9-14,16-17H2,1-6H3/t20?,22?,27-,28?,29?,30?/m1/s1. The molecular formula is C30H40O5. The summed E-state index contributed by atoms with van der Waals surface area (Å²) in [6.45, 7) is 11.8. The van der Waals surface area contributed by atoms with E-state index in [-0.39, 0.29) is 27.8 Å². The number of ether oxygens (including phenoxy) is 2. The average molecular weight is 481 g/mol. The highest BCUT2D eigenvalue weighted by Crippen LogP contribution is 2.70. The topological polar surface area (TPSA) is 72.8 Å². The molecule has 5 unspecified atom stereocenters. The van der Waals surface area contributed by atoms with E-state index in [1.165, 1.54) is 19.1 Å². The maximum Gasteiger partial charge on any atom is 0.507 e. The lowest BCUT2D eigenvalue weighted by Gasteiger charge is -2.65. The molecule has 3 fully saturated rings. The Bertz CT molecular complexity index is 1110. The third-order valence-corrected chi connectivity index (χ3v) is 10.9. The summed E-state index contributed by atoms with van der Waals surface area (Å²) in [6.07, 6.45) is 13.3. The molecule has 0 radical (unpaired) electrons. The van der Waals surface area contributed by atoms with Crippen LogP contribution in [0.4, 0.5) is 4.79 Å². The van der Waals surface area contributed by atoms with Crippen LogP contribution in [0.1, 0.15) is 79.6 Å². The fraction of sp³-hybridized carbons (Fsp3) is 0.667. The fourth-order valence-electron chi connectivity index (χ4n) is 8.54. The second-order valence-corrected chi connectivity index (χ2v) is 13.0. The van der Waals surface area contributed by atoms with Gasteiger partial charge in [0.15, 0.2) is 5.76 Å². The Hall–Kier alpha value is -2.30. The summed E-state index contributed by atoms with van der Waals surface area (Å²) in [5, 5.41) is 10.3. The first kappa shape index (κ1) is 24.4. The molecule has 35 heavy (non-hydrogen) atoms. The Morgan fingerprint density at radius 3 is 2.49 bits per heavy atom. The van der Waals surface area contributed by atoms with Crippen LogP contribution in [0.3, 0.4) is 0 Å². The lowest BCUT2D eigenvalue weighted by Crippen LogP contribution is -2.56. The average Bonchev–Trinajstić information content (AvgIpc) is 2.82.